The average molecular weight is 254 g/mol. The highest BCUT2D eigenvalue weighted by molar-refractivity contribution is 6.04. The van der Waals surface area contributed by atoms with Gasteiger partial charge < -0.3 is 10.6 Å². The highest BCUT2D eigenvalue weighted by atomic mass is 16.1. The summed E-state index contributed by atoms with van der Waals surface area (Å²) in [6.45, 7) is 4.01. The van der Waals surface area contributed by atoms with Crippen molar-refractivity contribution in [3.05, 3.63) is 59.2 Å². The predicted molar refractivity (Wildman–Crippen MR) is 79.9 cm³/mol. The van der Waals surface area contributed by atoms with Crippen molar-refractivity contribution in [2.75, 3.05) is 17.7 Å². The molecule has 0 bridgehead atoms. The van der Waals surface area contributed by atoms with Crippen molar-refractivity contribution in [1.82, 2.24) is 0 Å². The minimum Gasteiger partial charge on any atom is -0.388 e. The number of nitrogens with one attached hydrogen (secondary N) is 2. The second kappa shape index (κ2) is 5.57. The highest BCUT2D eigenvalue weighted by Crippen LogP contribution is 2.18. The lowest BCUT2D eigenvalue weighted by Crippen LogP contribution is -2.12. The van der Waals surface area contributed by atoms with E-state index in [1.807, 2.05) is 63.4 Å². The van der Waals surface area contributed by atoms with Crippen LogP contribution in [0, 0.1) is 13.8 Å². The summed E-state index contributed by atoms with van der Waals surface area (Å²) in [5.41, 5.74) is 4.68. The van der Waals surface area contributed by atoms with Gasteiger partial charge in [-0.25, -0.2) is 0 Å². The van der Waals surface area contributed by atoms with Gasteiger partial charge in [0.05, 0.1) is 0 Å². The van der Waals surface area contributed by atoms with E-state index in [9.17, 15) is 4.79 Å². The maximum Gasteiger partial charge on any atom is 0.255 e. The fourth-order valence-electron chi connectivity index (χ4n) is 1.96. The van der Waals surface area contributed by atoms with Gasteiger partial charge in [0.1, 0.15) is 0 Å². The van der Waals surface area contributed by atoms with Gasteiger partial charge in [0.15, 0.2) is 0 Å². The molecule has 1 amide bonds. The molecule has 2 N–H and O–H groups in total. The number of anilines is 2. The zero-order valence-electron chi connectivity index (χ0n) is 11.4. The summed E-state index contributed by atoms with van der Waals surface area (Å²) < 4.78 is 0. The molecule has 0 fully saturated rings. The summed E-state index contributed by atoms with van der Waals surface area (Å²) in [7, 11) is 1.85. The molecule has 98 valence electrons. The molecule has 0 heterocycles. The maximum absolute atomic E-state index is 12.2. The van der Waals surface area contributed by atoms with Crippen LogP contribution in [0.1, 0.15) is 21.5 Å². The van der Waals surface area contributed by atoms with E-state index < -0.39 is 0 Å². The third-order valence-electron chi connectivity index (χ3n) is 3.05. The summed E-state index contributed by atoms with van der Waals surface area (Å²) in [4.78, 5) is 12.2. The first-order chi connectivity index (χ1) is 9.10. The molecule has 0 aromatic heterocycles. The Labute approximate surface area is 113 Å². The second-order valence-corrected chi connectivity index (χ2v) is 4.60. The smallest absolute Gasteiger partial charge is 0.255 e. The van der Waals surface area contributed by atoms with Crippen LogP contribution >= 0.6 is 0 Å². The summed E-state index contributed by atoms with van der Waals surface area (Å²) in [6.07, 6.45) is 0. The molecule has 3 heteroatoms. The number of benzene rings is 2. The quantitative estimate of drug-likeness (QED) is 0.878. The molecule has 19 heavy (non-hydrogen) atoms. The highest BCUT2D eigenvalue weighted by Gasteiger charge is 2.08. The molecule has 0 radical (unpaired) electrons. The summed E-state index contributed by atoms with van der Waals surface area (Å²) in [5, 5.41) is 5.99. The third kappa shape index (κ3) is 3.13. The minimum atomic E-state index is -0.0953. The zero-order chi connectivity index (χ0) is 13.8. The predicted octanol–water partition coefficient (Wildman–Crippen LogP) is 3.60. The Morgan fingerprint density at radius 3 is 2.53 bits per heavy atom. The molecular formula is C16H18N2O. The number of amides is 1. The van der Waals surface area contributed by atoms with E-state index in [-0.39, 0.29) is 5.91 Å². The first-order valence-corrected chi connectivity index (χ1v) is 6.26. The first kappa shape index (κ1) is 13.1. The van der Waals surface area contributed by atoms with Gasteiger partial charge in [-0.3, -0.25) is 4.79 Å². The Bertz CT molecular complexity index is 605. The molecule has 3 nitrogen and oxygen atoms in total. The Hall–Kier alpha value is -2.29. The van der Waals surface area contributed by atoms with E-state index in [4.69, 9.17) is 0 Å². The van der Waals surface area contributed by atoms with Crippen molar-refractivity contribution in [3.63, 3.8) is 0 Å². The number of hydrogen-bond acceptors (Lipinski definition) is 2. The Morgan fingerprint density at radius 1 is 1.05 bits per heavy atom. The van der Waals surface area contributed by atoms with Crippen molar-refractivity contribution in [2.24, 2.45) is 0 Å². The van der Waals surface area contributed by atoms with Crippen LogP contribution in [0.25, 0.3) is 0 Å². The molecule has 0 aliphatic heterocycles. The van der Waals surface area contributed by atoms with Gasteiger partial charge in [-0.05, 0) is 49.2 Å². The Morgan fingerprint density at radius 2 is 1.84 bits per heavy atom. The van der Waals surface area contributed by atoms with Crippen LogP contribution in [0.5, 0.6) is 0 Å². The maximum atomic E-state index is 12.2. The number of hydrogen-bond donors (Lipinski definition) is 2. The lowest BCUT2D eigenvalue weighted by molar-refractivity contribution is 0.102. The van der Waals surface area contributed by atoms with E-state index in [1.165, 1.54) is 0 Å². The number of rotatable bonds is 3. The molecule has 0 saturated heterocycles. The molecule has 0 aliphatic carbocycles. The topological polar surface area (TPSA) is 41.1 Å². The van der Waals surface area contributed by atoms with E-state index in [2.05, 4.69) is 10.6 Å². The number of carbonyl (C=O) groups is 1. The van der Waals surface area contributed by atoms with Crippen LogP contribution in [0.15, 0.2) is 42.5 Å². The van der Waals surface area contributed by atoms with Gasteiger partial charge in [0, 0.05) is 24.0 Å². The molecule has 2 aromatic rings. The van der Waals surface area contributed by atoms with Crippen LogP contribution in [-0.2, 0) is 0 Å². The average Bonchev–Trinajstić information content (AvgIpc) is 2.39. The zero-order valence-corrected chi connectivity index (χ0v) is 11.4. The van der Waals surface area contributed by atoms with Crippen LogP contribution in [-0.4, -0.2) is 13.0 Å². The van der Waals surface area contributed by atoms with Gasteiger partial charge in [0.25, 0.3) is 5.91 Å². The van der Waals surface area contributed by atoms with E-state index in [0.717, 1.165) is 22.5 Å². The molecule has 0 unspecified atom stereocenters. The standard InChI is InChI=1S/C16H18N2O/c1-11-5-4-6-14(9-11)18-16(19)13-8-7-12(2)15(10-13)17-3/h4-10,17H,1-3H3,(H,18,19). The SMILES string of the molecule is CNc1cc(C(=O)Nc2cccc(C)c2)ccc1C. The van der Waals surface area contributed by atoms with Crippen LogP contribution in [0.2, 0.25) is 0 Å². The summed E-state index contributed by atoms with van der Waals surface area (Å²) >= 11 is 0. The first-order valence-electron chi connectivity index (χ1n) is 6.26. The van der Waals surface area contributed by atoms with Crippen molar-refractivity contribution in [1.29, 1.82) is 0 Å². The molecule has 2 aromatic carbocycles. The van der Waals surface area contributed by atoms with Crippen molar-refractivity contribution in [3.8, 4) is 0 Å². The normalized spacial score (nSPS) is 10.1. The summed E-state index contributed by atoms with van der Waals surface area (Å²) in [6, 6.07) is 13.4. The van der Waals surface area contributed by atoms with Gasteiger partial charge >= 0.3 is 0 Å². The molecule has 0 saturated carbocycles. The molecule has 0 spiro atoms. The third-order valence-corrected chi connectivity index (χ3v) is 3.05. The van der Waals surface area contributed by atoms with Gasteiger partial charge in [-0.1, -0.05) is 18.2 Å². The fourth-order valence-corrected chi connectivity index (χ4v) is 1.96. The number of aryl methyl sites for hydroxylation is 2. The fraction of sp³-hybridized carbons (Fsp3) is 0.188. The molecular weight excluding hydrogens is 236 g/mol. The van der Waals surface area contributed by atoms with E-state index in [0.29, 0.717) is 5.56 Å². The molecule has 0 atom stereocenters. The van der Waals surface area contributed by atoms with Gasteiger partial charge in [-0.2, -0.15) is 0 Å². The minimum absolute atomic E-state index is 0.0953. The molecule has 2 rings (SSSR count). The van der Waals surface area contributed by atoms with Crippen LogP contribution in [0.4, 0.5) is 11.4 Å². The lowest BCUT2D eigenvalue weighted by Gasteiger charge is -2.09. The van der Waals surface area contributed by atoms with Crippen LogP contribution in [0.3, 0.4) is 0 Å². The van der Waals surface area contributed by atoms with Crippen molar-refractivity contribution >= 4 is 17.3 Å². The summed E-state index contributed by atoms with van der Waals surface area (Å²) in [5.74, 6) is -0.0953. The van der Waals surface area contributed by atoms with Crippen molar-refractivity contribution in [2.45, 2.75) is 13.8 Å². The molecule has 0 aliphatic rings. The van der Waals surface area contributed by atoms with E-state index >= 15 is 0 Å². The monoisotopic (exact) mass is 254 g/mol. The van der Waals surface area contributed by atoms with Crippen LogP contribution < -0.4 is 10.6 Å². The van der Waals surface area contributed by atoms with Gasteiger partial charge in [-0.15, -0.1) is 0 Å². The van der Waals surface area contributed by atoms with E-state index in [1.54, 1.807) is 0 Å². The van der Waals surface area contributed by atoms with Crippen molar-refractivity contribution < 1.29 is 4.79 Å². The number of carbonyl (C=O) groups excluding carboxylic acids is 1. The van der Waals surface area contributed by atoms with Gasteiger partial charge in [0.2, 0.25) is 0 Å². The Balaban J connectivity index is 2.20. The largest absolute Gasteiger partial charge is 0.388 e. The lowest BCUT2D eigenvalue weighted by atomic mass is 10.1. The Kier molecular flexibility index (Phi) is 3.85. The second-order valence-electron chi connectivity index (χ2n) is 4.60.